The minimum absolute atomic E-state index is 0.0716. The fraction of sp³-hybridized carbons (Fsp3) is 0.250. The molecule has 1 aromatic heterocycles. The number of aromatic nitrogens is 1. The maximum Gasteiger partial charge on any atom is 0.302 e. The Balaban J connectivity index is 2.58. The second kappa shape index (κ2) is 6.42. The third-order valence-corrected chi connectivity index (χ3v) is 4.02. The van der Waals surface area contributed by atoms with Gasteiger partial charge in [0.15, 0.2) is 5.03 Å². The van der Waals surface area contributed by atoms with Crippen LogP contribution in [0.5, 0.6) is 0 Å². The van der Waals surface area contributed by atoms with Crippen LogP contribution in [0, 0.1) is 10.1 Å². The largest absolute Gasteiger partial charge is 0.368 e. The molecule has 17 heavy (non-hydrogen) atoms. The molecular formula is C8H10N4O3S2. The van der Waals surface area contributed by atoms with E-state index in [1.165, 1.54) is 29.1 Å². The van der Waals surface area contributed by atoms with E-state index in [0.29, 0.717) is 0 Å². The van der Waals surface area contributed by atoms with Crippen molar-refractivity contribution >= 4 is 33.2 Å². The molecule has 0 spiro atoms. The summed E-state index contributed by atoms with van der Waals surface area (Å²) in [6.07, 6.45) is 1.46. The van der Waals surface area contributed by atoms with Gasteiger partial charge in [-0.3, -0.25) is 14.9 Å². The quantitative estimate of drug-likeness (QED) is 0.440. The van der Waals surface area contributed by atoms with E-state index in [9.17, 15) is 14.9 Å². The number of hydrogen-bond acceptors (Lipinski definition) is 7. The second-order valence-corrected chi connectivity index (χ2v) is 5.29. The van der Waals surface area contributed by atoms with Crippen LogP contribution in [-0.2, 0) is 4.79 Å². The zero-order chi connectivity index (χ0) is 12.8. The number of carbonyl (C=O) groups is 1. The average molecular weight is 274 g/mol. The van der Waals surface area contributed by atoms with Crippen molar-refractivity contribution < 1.29 is 9.72 Å². The van der Waals surface area contributed by atoms with E-state index in [-0.39, 0.29) is 16.5 Å². The van der Waals surface area contributed by atoms with E-state index in [1.807, 2.05) is 0 Å². The molecule has 0 aromatic carbocycles. The van der Waals surface area contributed by atoms with Crippen LogP contribution >= 0.6 is 21.6 Å². The van der Waals surface area contributed by atoms with Crippen LogP contribution < -0.4 is 11.5 Å². The monoisotopic (exact) mass is 274 g/mol. The van der Waals surface area contributed by atoms with E-state index in [1.54, 1.807) is 0 Å². The highest BCUT2D eigenvalue weighted by Gasteiger charge is 2.16. The van der Waals surface area contributed by atoms with Crippen molar-refractivity contribution in [1.29, 1.82) is 0 Å². The van der Waals surface area contributed by atoms with Gasteiger partial charge in [0.25, 0.3) is 0 Å². The van der Waals surface area contributed by atoms with Crippen molar-refractivity contribution in [2.24, 2.45) is 11.5 Å². The van der Waals surface area contributed by atoms with Gasteiger partial charge < -0.3 is 11.5 Å². The lowest BCUT2D eigenvalue weighted by Gasteiger charge is -2.05. The van der Waals surface area contributed by atoms with E-state index < -0.39 is 16.9 Å². The van der Waals surface area contributed by atoms with Crippen LogP contribution in [0.2, 0.25) is 0 Å². The minimum Gasteiger partial charge on any atom is -0.368 e. The highest BCUT2D eigenvalue weighted by molar-refractivity contribution is 8.76. The van der Waals surface area contributed by atoms with Gasteiger partial charge in [-0.1, -0.05) is 10.8 Å². The Bertz CT molecular complexity index is 429. The predicted octanol–water partition coefficient (Wildman–Crippen LogP) is 0.543. The molecule has 92 valence electrons. The molecule has 0 saturated heterocycles. The van der Waals surface area contributed by atoms with Gasteiger partial charge in [0, 0.05) is 18.0 Å². The summed E-state index contributed by atoms with van der Waals surface area (Å²) in [6, 6.07) is 2.08. The van der Waals surface area contributed by atoms with Crippen LogP contribution in [0.3, 0.4) is 0 Å². The van der Waals surface area contributed by atoms with Crippen molar-refractivity contribution in [3.8, 4) is 0 Å². The van der Waals surface area contributed by atoms with Crippen molar-refractivity contribution in [3.05, 3.63) is 28.4 Å². The highest BCUT2D eigenvalue weighted by atomic mass is 33.1. The SMILES string of the molecule is NC(=O)[C@@H](N)CSSc1ncccc1[N+](=O)[O-]. The van der Waals surface area contributed by atoms with Gasteiger partial charge in [0.2, 0.25) is 5.91 Å². The first-order valence-corrected chi connectivity index (χ1v) is 6.78. The third kappa shape index (κ3) is 4.21. The first-order valence-electron chi connectivity index (χ1n) is 4.46. The molecule has 4 N–H and O–H groups in total. The second-order valence-electron chi connectivity index (χ2n) is 2.96. The zero-order valence-electron chi connectivity index (χ0n) is 8.61. The lowest BCUT2D eigenvalue weighted by Crippen LogP contribution is -2.38. The fourth-order valence-corrected chi connectivity index (χ4v) is 3.02. The number of amides is 1. The number of nitrogens with zero attached hydrogens (tertiary/aromatic N) is 2. The van der Waals surface area contributed by atoms with Crippen molar-refractivity contribution in [2.75, 3.05) is 5.75 Å². The van der Waals surface area contributed by atoms with Gasteiger partial charge in [-0.2, -0.15) is 0 Å². The van der Waals surface area contributed by atoms with Crippen LogP contribution in [0.25, 0.3) is 0 Å². The van der Waals surface area contributed by atoms with Crippen LogP contribution in [0.1, 0.15) is 0 Å². The van der Waals surface area contributed by atoms with Gasteiger partial charge >= 0.3 is 5.69 Å². The number of rotatable bonds is 6. The third-order valence-electron chi connectivity index (χ3n) is 1.70. The Kier molecular flexibility index (Phi) is 5.19. The minimum atomic E-state index is -0.768. The molecule has 0 fully saturated rings. The Morgan fingerprint density at radius 3 is 2.94 bits per heavy atom. The Morgan fingerprint density at radius 1 is 1.65 bits per heavy atom. The Morgan fingerprint density at radius 2 is 2.35 bits per heavy atom. The number of hydrogen-bond donors (Lipinski definition) is 2. The van der Waals surface area contributed by atoms with E-state index in [4.69, 9.17) is 11.5 Å². The summed E-state index contributed by atoms with van der Waals surface area (Å²) >= 11 is 0. The predicted molar refractivity (Wildman–Crippen MR) is 66.4 cm³/mol. The first-order chi connectivity index (χ1) is 8.02. The van der Waals surface area contributed by atoms with Gasteiger partial charge in [-0.05, 0) is 16.9 Å². The molecule has 0 unspecified atom stereocenters. The molecule has 7 nitrogen and oxygen atoms in total. The number of primary amides is 1. The normalized spacial score (nSPS) is 12.1. The molecule has 0 bridgehead atoms. The molecule has 0 aliphatic heterocycles. The molecule has 1 atom stereocenters. The molecule has 0 radical (unpaired) electrons. The van der Waals surface area contributed by atoms with Gasteiger partial charge in [0.1, 0.15) is 0 Å². The lowest BCUT2D eigenvalue weighted by molar-refractivity contribution is -0.388. The molecular weight excluding hydrogens is 264 g/mol. The zero-order valence-corrected chi connectivity index (χ0v) is 10.2. The number of nitro groups is 1. The Hall–Kier alpha value is -1.32. The number of carbonyl (C=O) groups excluding carboxylic acids is 1. The number of nitrogens with two attached hydrogens (primary N) is 2. The van der Waals surface area contributed by atoms with E-state index in [2.05, 4.69) is 4.98 Å². The summed E-state index contributed by atoms with van der Waals surface area (Å²) in [5, 5.41) is 10.9. The average Bonchev–Trinajstić information content (AvgIpc) is 2.29. The van der Waals surface area contributed by atoms with Crippen molar-refractivity contribution in [1.82, 2.24) is 4.98 Å². The molecule has 1 rings (SSSR count). The smallest absolute Gasteiger partial charge is 0.302 e. The van der Waals surface area contributed by atoms with Crippen LogP contribution in [0.15, 0.2) is 23.4 Å². The summed E-state index contributed by atoms with van der Waals surface area (Å²) < 4.78 is 0. The molecule has 1 amide bonds. The van der Waals surface area contributed by atoms with Gasteiger partial charge in [0.05, 0.1) is 11.0 Å². The molecule has 1 heterocycles. The van der Waals surface area contributed by atoms with E-state index in [0.717, 1.165) is 10.8 Å². The standard InChI is InChI=1S/C8H10N4O3S2/c9-5(7(10)13)4-16-17-8-6(12(14)15)2-1-3-11-8/h1-3,5H,4,9H2,(H2,10,13)/t5-/m0/s1. The van der Waals surface area contributed by atoms with Crippen molar-refractivity contribution in [3.63, 3.8) is 0 Å². The summed E-state index contributed by atoms with van der Waals surface area (Å²) in [4.78, 5) is 24.7. The summed E-state index contributed by atoms with van der Waals surface area (Å²) in [5.41, 5.74) is 10.3. The molecule has 9 heteroatoms. The summed E-state index contributed by atoms with van der Waals surface area (Å²) in [7, 11) is 2.30. The van der Waals surface area contributed by atoms with Crippen molar-refractivity contribution in [2.45, 2.75) is 11.1 Å². The molecule has 0 aliphatic rings. The molecule has 0 saturated carbocycles. The first kappa shape index (κ1) is 13.7. The lowest BCUT2D eigenvalue weighted by atomic mass is 10.4. The van der Waals surface area contributed by atoms with Gasteiger partial charge in [-0.15, -0.1) is 0 Å². The van der Waals surface area contributed by atoms with Crippen LogP contribution in [0.4, 0.5) is 5.69 Å². The van der Waals surface area contributed by atoms with Gasteiger partial charge in [-0.25, -0.2) is 4.98 Å². The maximum atomic E-state index is 10.7. The summed E-state index contributed by atoms with van der Waals surface area (Å²) in [6.45, 7) is 0. The summed E-state index contributed by atoms with van der Waals surface area (Å²) in [5.74, 6) is -0.332. The van der Waals surface area contributed by atoms with E-state index >= 15 is 0 Å². The highest BCUT2D eigenvalue weighted by Crippen LogP contribution is 2.35. The fourth-order valence-electron chi connectivity index (χ4n) is 0.831. The van der Waals surface area contributed by atoms with Crippen LogP contribution in [-0.4, -0.2) is 27.6 Å². The Labute approximate surface area is 105 Å². The maximum absolute atomic E-state index is 10.7. The molecule has 0 aliphatic carbocycles. The molecule has 1 aromatic rings. The topological polar surface area (TPSA) is 125 Å². The number of pyridine rings is 1.